The van der Waals surface area contributed by atoms with Crippen molar-refractivity contribution in [3.05, 3.63) is 50.5 Å². The first kappa shape index (κ1) is 21.3. The Morgan fingerprint density at radius 2 is 1.75 bits per heavy atom. The van der Waals surface area contributed by atoms with E-state index in [9.17, 15) is 0 Å². The minimum Gasteiger partial charge on any atom is -0.452 e. The number of fused-ring (bicyclic) bond motifs is 1. The van der Waals surface area contributed by atoms with E-state index < -0.39 is 0 Å². The Labute approximate surface area is 182 Å². The molecule has 2 aromatic rings. The maximum absolute atomic E-state index is 6.57. The van der Waals surface area contributed by atoms with Crippen molar-refractivity contribution < 1.29 is 4.74 Å². The van der Waals surface area contributed by atoms with Crippen LogP contribution in [0, 0.1) is 13.8 Å². The van der Waals surface area contributed by atoms with Gasteiger partial charge in [-0.25, -0.2) is 0 Å². The molecule has 0 saturated heterocycles. The van der Waals surface area contributed by atoms with E-state index in [0.29, 0.717) is 5.92 Å². The first-order valence-corrected chi connectivity index (χ1v) is 11.3. The molecule has 1 atom stereocenters. The summed E-state index contributed by atoms with van der Waals surface area (Å²) in [5.74, 6) is 1.46. The number of rotatable bonds is 7. The van der Waals surface area contributed by atoms with Crippen LogP contribution in [0.5, 0.6) is 5.75 Å². The van der Waals surface area contributed by atoms with Crippen molar-refractivity contribution in [3.63, 3.8) is 0 Å². The molecule has 2 aromatic carbocycles. The summed E-state index contributed by atoms with van der Waals surface area (Å²) >= 11 is 10.1. The molecule has 3 nitrogen and oxygen atoms in total. The molecule has 1 aliphatic heterocycles. The van der Waals surface area contributed by atoms with Crippen LogP contribution >= 0.6 is 27.5 Å². The molecule has 28 heavy (non-hydrogen) atoms. The van der Waals surface area contributed by atoms with E-state index in [1.807, 2.05) is 6.07 Å². The first-order valence-electron chi connectivity index (χ1n) is 10.1. The Bertz CT molecular complexity index is 826. The van der Waals surface area contributed by atoms with Crippen LogP contribution < -0.4 is 15.0 Å². The third-order valence-electron chi connectivity index (χ3n) is 5.50. The van der Waals surface area contributed by atoms with Gasteiger partial charge in [-0.1, -0.05) is 60.3 Å². The lowest BCUT2D eigenvalue weighted by Crippen LogP contribution is -2.38. The molecule has 0 bridgehead atoms. The largest absolute Gasteiger partial charge is 0.452 e. The molecule has 0 aromatic heterocycles. The molecule has 152 valence electrons. The van der Waals surface area contributed by atoms with Gasteiger partial charge in [0.1, 0.15) is 5.75 Å². The van der Waals surface area contributed by atoms with Gasteiger partial charge in [-0.2, -0.15) is 0 Å². The maximum Gasteiger partial charge on any atom is 0.251 e. The van der Waals surface area contributed by atoms with Crippen molar-refractivity contribution in [2.24, 2.45) is 0 Å². The summed E-state index contributed by atoms with van der Waals surface area (Å²) in [6.45, 7) is 8.66. The van der Waals surface area contributed by atoms with Gasteiger partial charge in [-0.15, -0.1) is 0 Å². The molecule has 1 unspecified atom stereocenters. The van der Waals surface area contributed by atoms with E-state index in [1.54, 1.807) is 0 Å². The van der Waals surface area contributed by atoms with Gasteiger partial charge in [0.15, 0.2) is 0 Å². The van der Waals surface area contributed by atoms with Crippen molar-refractivity contribution in [2.45, 2.75) is 65.6 Å². The topological polar surface area (TPSA) is 24.5 Å². The Morgan fingerprint density at radius 1 is 1.14 bits per heavy atom. The van der Waals surface area contributed by atoms with E-state index in [-0.39, 0.29) is 6.35 Å². The fourth-order valence-corrected chi connectivity index (χ4v) is 5.12. The summed E-state index contributed by atoms with van der Waals surface area (Å²) in [6.07, 6.45) is 4.45. The van der Waals surface area contributed by atoms with E-state index in [1.165, 1.54) is 36.9 Å². The predicted octanol–water partition coefficient (Wildman–Crippen LogP) is 7.63. The zero-order valence-corrected chi connectivity index (χ0v) is 19.7. The van der Waals surface area contributed by atoms with Gasteiger partial charge in [0, 0.05) is 11.5 Å². The second-order valence-electron chi connectivity index (χ2n) is 7.73. The summed E-state index contributed by atoms with van der Waals surface area (Å²) < 4.78 is 7.50. The van der Waals surface area contributed by atoms with Crippen LogP contribution in [-0.4, -0.2) is 13.4 Å². The molecular formula is C23H30BrClN2O. The molecule has 1 N–H and O–H groups in total. The molecule has 0 amide bonds. The Hall–Kier alpha value is -1.39. The molecule has 1 aliphatic rings. The van der Waals surface area contributed by atoms with E-state index in [0.717, 1.165) is 32.1 Å². The lowest BCUT2D eigenvalue weighted by Gasteiger charge is -2.27. The van der Waals surface area contributed by atoms with Crippen molar-refractivity contribution in [1.29, 1.82) is 0 Å². The lowest BCUT2D eigenvalue weighted by atomic mass is 9.88. The smallest absolute Gasteiger partial charge is 0.251 e. The molecule has 0 spiro atoms. The molecule has 3 rings (SSSR count). The molecule has 5 heteroatoms. The third-order valence-corrected chi connectivity index (χ3v) is 6.27. The molecule has 1 heterocycles. The summed E-state index contributed by atoms with van der Waals surface area (Å²) in [5.41, 5.74) is 5.75. The second kappa shape index (κ2) is 8.96. The van der Waals surface area contributed by atoms with Gasteiger partial charge >= 0.3 is 0 Å². The number of nitrogens with one attached hydrogen (secondary N) is 1. The minimum atomic E-state index is -0.281. The summed E-state index contributed by atoms with van der Waals surface area (Å²) in [4.78, 5) is 2.19. The Morgan fingerprint density at radius 3 is 2.32 bits per heavy atom. The highest BCUT2D eigenvalue weighted by Gasteiger charge is 2.33. The van der Waals surface area contributed by atoms with Crippen molar-refractivity contribution in [2.75, 3.05) is 17.3 Å². The normalized spacial score (nSPS) is 15.7. The number of hydrogen-bond donors (Lipinski definition) is 1. The molecular weight excluding hydrogens is 436 g/mol. The SMILES string of the molecule is CCCC(CCC)c1ccc(Cl)c2c1N(C)C(Oc1c(C)cc(Br)cc1C)N2. The molecule has 0 aliphatic carbocycles. The summed E-state index contributed by atoms with van der Waals surface area (Å²) in [5, 5.41) is 4.25. The highest BCUT2D eigenvalue weighted by molar-refractivity contribution is 9.10. The molecule has 0 saturated carbocycles. The van der Waals surface area contributed by atoms with E-state index in [4.69, 9.17) is 16.3 Å². The van der Waals surface area contributed by atoms with Crippen LogP contribution in [0.1, 0.15) is 62.1 Å². The average molecular weight is 466 g/mol. The fraction of sp³-hybridized carbons (Fsp3) is 0.478. The number of halogens is 2. The quantitative estimate of drug-likeness (QED) is 0.455. The number of aryl methyl sites for hydroxylation is 2. The highest BCUT2D eigenvalue weighted by atomic mass is 79.9. The molecule has 0 radical (unpaired) electrons. The van der Waals surface area contributed by atoms with Gasteiger partial charge in [-0.3, -0.25) is 0 Å². The van der Waals surface area contributed by atoms with Crippen molar-refractivity contribution in [1.82, 2.24) is 0 Å². The zero-order chi connectivity index (χ0) is 20.4. The Kier molecular flexibility index (Phi) is 6.82. The van der Waals surface area contributed by atoms with Gasteiger partial charge in [-0.05, 0) is 67.5 Å². The van der Waals surface area contributed by atoms with Crippen LogP contribution in [0.3, 0.4) is 0 Å². The number of ether oxygens (including phenoxy) is 1. The van der Waals surface area contributed by atoms with Crippen LogP contribution in [0.15, 0.2) is 28.7 Å². The van der Waals surface area contributed by atoms with Crippen LogP contribution in [0.4, 0.5) is 11.4 Å². The van der Waals surface area contributed by atoms with E-state index >= 15 is 0 Å². The lowest BCUT2D eigenvalue weighted by molar-refractivity contribution is 0.233. The number of benzene rings is 2. The number of anilines is 2. The van der Waals surface area contributed by atoms with Crippen LogP contribution in [0.2, 0.25) is 5.02 Å². The number of hydrogen-bond acceptors (Lipinski definition) is 3. The van der Waals surface area contributed by atoms with Gasteiger partial charge < -0.3 is 15.0 Å². The average Bonchev–Trinajstić information content (AvgIpc) is 2.96. The zero-order valence-electron chi connectivity index (χ0n) is 17.4. The fourth-order valence-electron chi connectivity index (χ4n) is 4.22. The van der Waals surface area contributed by atoms with Crippen molar-refractivity contribution >= 4 is 38.9 Å². The van der Waals surface area contributed by atoms with Crippen molar-refractivity contribution in [3.8, 4) is 5.75 Å². The third kappa shape index (κ3) is 4.13. The standard InChI is InChI=1S/C23H30BrClN2O/c1-6-8-16(9-7-2)18-10-11-19(25)20-21(18)27(5)23(26-20)28-22-14(3)12-17(24)13-15(22)4/h10-13,16,23,26H,6-9H2,1-5H3. The highest BCUT2D eigenvalue weighted by Crippen LogP contribution is 2.46. The predicted molar refractivity (Wildman–Crippen MR) is 124 cm³/mol. The van der Waals surface area contributed by atoms with Gasteiger partial charge in [0.2, 0.25) is 0 Å². The summed E-state index contributed by atoms with van der Waals surface area (Å²) in [7, 11) is 2.09. The number of nitrogens with zero attached hydrogens (tertiary/aromatic N) is 1. The monoisotopic (exact) mass is 464 g/mol. The van der Waals surface area contributed by atoms with E-state index in [2.05, 4.69) is 79.1 Å². The minimum absolute atomic E-state index is 0.281. The first-order chi connectivity index (χ1) is 13.4. The Balaban J connectivity index is 1.95. The molecule has 0 fully saturated rings. The van der Waals surface area contributed by atoms with Gasteiger partial charge in [0.05, 0.1) is 16.4 Å². The van der Waals surface area contributed by atoms with Crippen LogP contribution in [0.25, 0.3) is 0 Å². The second-order valence-corrected chi connectivity index (χ2v) is 9.05. The van der Waals surface area contributed by atoms with Crippen LogP contribution in [-0.2, 0) is 0 Å². The summed E-state index contributed by atoms with van der Waals surface area (Å²) in [6, 6.07) is 8.39. The van der Waals surface area contributed by atoms with Gasteiger partial charge in [0.25, 0.3) is 6.35 Å². The maximum atomic E-state index is 6.57.